The maximum atomic E-state index is 10.2. The molecule has 50 valence electrons. The Balaban J connectivity index is 2.78. The summed E-state index contributed by atoms with van der Waals surface area (Å²) in [5.41, 5.74) is 1.59. The topological polar surface area (TPSA) is 61.5 Å². The molecular weight excluding hydrogens is 130 g/mol. The molecule has 0 saturated carbocycles. The number of rotatable bonds is 1. The Kier molecular flexibility index (Phi) is 0.887. The molecule has 2 heterocycles. The van der Waals surface area contributed by atoms with Gasteiger partial charge in [0.25, 0.3) is 0 Å². The van der Waals surface area contributed by atoms with Crippen LogP contribution in [-0.2, 0) is 0 Å². The second kappa shape index (κ2) is 1.70. The normalized spacial score (nSPS) is 10.4. The van der Waals surface area contributed by atoms with Gasteiger partial charge in [-0.1, -0.05) is 0 Å². The van der Waals surface area contributed by atoms with Gasteiger partial charge in [0, 0.05) is 6.20 Å². The van der Waals surface area contributed by atoms with E-state index in [1.807, 2.05) is 6.07 Å². The third kappa shape index (κ3) is 0.556. The monoisotopic (exact) mass is 135 g/mol. The van der Waals surface area contributed by atoms with Crippen LogP contribution in [0.25, 0.3) is 11.2 Å². The summed E-state index contributed by atoms with van der Waals surface area (Å²) in [6.45, 7) is 0. The van der Waals surface area contributed by atoms with Crippen LogP contribution in [0.15, 0.2) is 12.3 Å². The summed E-state index contributed by atoms with van der Waals surface area (Å²) in [5.74, 6) is 0.363. The van der Waals surface area contributed by atoms with Crippen molar-refractivity contribution in [3.05, 3.63) is 18.1 Å². The molecule has 2 aromatic heterocycles. The van der Waals surface area contributed by atoms with Crippen LogP contribution < -0.4 is 0 Å². The van der Waals surface area contributed by atoms with Crippen LogP contribution in [0.1, 0.15) is 10.6 Å². The fourth-order valence-electron chi connectivity index (χ4n) is 0.896. The first-order valence-corrected chi connectivity index (χ1v) is 2.88. The number of nitrogens with one attached hydrogen (secondary N) is 2. The number of aromatic nitrogens is 3. The number of H-pyrrole nitrogens is 2. The molecule has 0 radical (unpaired) electrons. The lowest BCUT2D eigenvalue weighted by Crippen LogP contribution is -1.80. The van der Waals surface area contributed by atoms with E-state index < -0.39 is 0 Å². The minimum absolute atomic E-state index is 0.363. The van der Waals surface area contributed by atoms with Gasteiger partial charge in [-0.15, -0.1) is 0 Å². The van der Waals surface area contributed by atoms with Gasteiger partial charge in [0.05, 0.1) is 5.52 Å². The molecule has 2 rings (SSSR count). The van der Waals surface area contributed by atoms with Crippen molar-refractivity contribution in [2.24, 2.45) is 0 Å². The van der Waals surface area contributed by atoms with Crippen LogP contribution >= 0.6 is 0 Å². The van der Waals surface area contributed by atoms with Gasteiger partial charge >= 0.3 is 0 Å². The van der Waals surface area contributed by atoms with E-state index in [2.05, 4.69) is 15.0 Å². The summed E-state index contributed by atoms with van der Waals surface area (Å²) in [7, 11) is 0. The van der Waals surface area contributed by atoms with E-state index in [1.165, 1.54) is 0 Å². The summed E-state index contributed by atoms with van der Waals surface area (Å²) < 4.78 is 0. The Morgan fingerprint density at radius 1 is 1.60 bits per heavy atom. The zero-order valence-corrected chi connectivity index (χ0v) is 5.09. The van der Waals surface area contributed by atoms with E-state index in [1.54, 1.807) is 6.20 Å². The average molecular weight is 135 g/mol. The van der Waals surface area contributed by atoms with Gasteiger partial charge in [-0.3, -0.25) is 4.79 Å². The Morgan fingerprint density at radius 3 is 3.20 bits per heavy atom. The molecule has 10 heavy (non-hydrogen) atoms. The van der Waals surface area contributed by atoms with E-state index in [-0.39, 0.29) is 0 Å². The Bertz CT molecular complexity index is 331. The fourth-order valence-corrected chi connectivity index (χ4v) is 0.896. The molecule has 0 saturated heterocycles. The third-order valence-electron chi connectivity index (χ3n) is 1.33. The number of aromatic amines is 2. The van der Waals surface area contributed by atoms with E-state index in [0.717, 1.165) is 11.2 Å². The van der Waals surface area contributed by atoms with Gasteiger partial charge < -0.3 is 9.97 Å². The molecule has 0 atom stereocenters. The van der Waals surface area contributed by atoms with Crippen molar-refractivity contribution in [2.45, 2.75) is 0 Å². The quantitative estimate of drug-likeness (QED) is 0.565. The minimum Gasteiger partial charge on any atom is -0.345 e. The van der Waals surface area contributed by atoms with Crippen LogP contribution in [-0.4, -0.2) is 21.2 Å². The summed E-state index contributed by atoms with van der Waals surface area (Å²) >= 11 is 0. The van der Waals surface area contributed by atoms with Crippen molar-refractivity contribution in [3.8, 4) is 0 Å². The largest absolute Gasteiger partial charge is 0.345 e. The Labute approximate surface area is 56.3 Å². The van der Waals surface area contributed by atoms with Crippen molar-refractivity contribution in [2.75, 3.05) is 0 Å². The molecule has 0 aliphatic carbocycles. The van der Waals surface area contributed by atoms with Gasteiger partial charge in [0.1, 0.15) is 0 Å². The number of nitrogens with zero attached hydrogens (tertiary/aromatic N) is 1. The molecule has 0 unspecified atom stereocenters. The second-order valence-electron chi connectivity index (χ2n) is 1.98. The predicted molar refractivity (Wildman–Crippen MR) is 35.8 cm³/mol. The number of carbonyl (C=O) groups excluding carboxylic acids is 1. The molecular formula is C6H5N3O. The molecule has 2 N–H and O–H groups in total. The van der Waals surface area contributed by atoms with Crippen LogP contribution in [0.5, 0.6) is 0 Å². The summed E-state index contributed by atoms with van der Waals surface area (Å²) in [5, 5.41) is 0. The highest BCUT2D eigenvalue weighted by atomic mass is 16.1. The second-order valence-corrected chi connectivity index (χ2v) is 1.98. The lowest BCUT2D eigenvalue weighted by atomic mass is 10.6. The van der Waals surface area contributed by atoms with Crippen molar-refractivity contribution < 1.29 is 4.79 Å². The molecule has 2 aromatic rings. The van der Waals surface area contributed by atoms with Gasteiger partial charge in [-0.25, -0.2) is 4.98 Å². The average Bonchev–Trinajstić information content (AvgIpc) is 2.42. The summed E-state index contributed by atoms with van der Waals surface area (Å²) in [6.07, 6.45) is 2.45. The maximum absolute atomic E-state index is 10.2. The first-order chi connectivity index (χ1) is 4.90. The molecule has 0 aromatic carbocycles. The molecule has 0 amide bonds. The highest BCUT2D eigenvalue weighted by molar-refractivity contribution is 5.79. The summed E-state index contributed by atoms with van der Waals surface area (Å²) in [6, 6.07) is 1.83. The number of imidazole rings is 1. The first-order valence-electron chi connectivity index (χ1n) is 2.88. The fraction of sp³-hybridized carbons (Fsp3) is 0. The van der Waals surface area contributed by atoms with Crippen molar-refractivity contribution >= 4 is 17.5 Å². The van der Waals surface area contributed by atoms with Gasteiger partial charge in [-0.05, 0) is 6.07 Å². The van der Waals surface area contributed by atoms with Crippen LogP contribution in [0, 0.1) is 0 Å². The van der Waals surface area contributed by atoms with E-state index in [9.17, 15) is 4.79 Å². The van der Waals surface area contributed by atoms with Crippen LogP contribution in [0.2, 0.25) is 0 Å². The smallest absolute Gasteiger partial charge is 0.185 e. The molecule has 0 fully saturated rings. The van der Waals surface area contributed by atoms with Crippen LogP contribution in [0.4, 0.5) is 0 Å². The van der Waals surface area contributed by atoms with E-state index in [4.69, 9.17) is 0 Å². The molecule has 0 spiro atoms. The number of fused-ring (bicyclic) bond motifs is 1. The molecule has 0 bridgehead atoms. The van der Waals surface area contributed by atoms with E-state index in [0.29, 0.717) is 12.1 Å². The molecule has 4 heteroatoms. The Morgan fingerprint density at radius 2 is 2.50 bits per heavy atom. The zero-order chi connectivity index (χ0) is 6.97. The van der Waals surface area contributed by atoms with Crippen molar-refractivity contribution in [1.29, 1.82) is 0 Å². The zero-order valence-electron chi connectivity index (χ0n) is 5.09. The highest BCUT2D eigenvalue weighted by Gasteiger charge is 1.99. The standard InChI is InChI=1S/C6H5N3O/c10-3-5-8-4-1-2-7-6(4)9-5/h1-3,7H,(H,8,9). The molecule has 4 nitrogen and oxygen atoms in total. The van der Waals surface area contributed by atoms with Gasteiger partial charge in [0.2, 0.25) is 0 Å². The number of carbonyl (C=O) groups is 1. The van der Waals surface area contributed by atoms with Gasteiger partial charge in [0.15, 0.2) is 17.8 Å². The van der Waals surface area contributed by atoms with E-state index >= 15 is 0 Å². The SMILES string of the molecule is O=Cc1nc2[nH]ccc2[nH]1. The lowest BCUT2D eigenvalue weighted by Gasteiger charge is -1.72. The summed E-state index contributed by atoms with van der Waals surface area (Å²) in [4.78, 5) is 19.8. The third-order valence-corrected chi connectivity index (χ3v) is 1.33. The number of hydrogen-bond acceptors (Lipinski definition) is 2. The number of aldehydes is 1. The maximum Gasteiger partial charge on any atom is 0.185 e. The molecule has 0 aliphatic rings. The van der Waals surface area contributed by atoms with Crippen molar-refractivity contribution in [1.82, 2.24) is 15.0 Å². The first kappa shape index (κ1) is 5.22. The lowest BCUT2D eigenvalue weighted by molar-refractivity contribution is 0.111. The van der Waals surface area contributed by atoms with Gasteiger partial charge in [-0.2, -0.15) is 0 Å². The minimum atomic E-state index is 0.363. The highest BCUT2D eigenvalue weighted by Crippen LogP contribution is 2.06. The van der Waals surface area contributed by atoms with Crippen LogP contribution in [0.3, 0.4) is 0 Å². The van der Waals surface area contributed by atoms with Crippen molar-refractivity contribution in [3.63, 3.8) is 0 Å². The predicted octanol–water partition coefficient (Wildman–Crippen LogP) is 0.703. The Hall–Kier alpha value is -1.58. The number of hydrogen-bond donors (Lipinski definition) is 2. The molecule has 0 aliphatic heterocycles.